The molecule has 1 N–H and O–H groups in total. The number of carbonyl (C=O) groups is 1. The van der Waals surface area contributed by atoms with Crippen molar-refractivity contribution in [3.63, 3.8) is 0 Å². The van der Waals surface area contributed by atoms with Crippen LogP contribution in [0.15, 0.2) is 24.3 Å². The van der Waals surface area contributed by atoms with Gasteiger partial charge in [0.2, 0.25) is 0 Å². The topological polar surface area (TPSA) is 43.8 Å². The van der Waals surface area contributed by atoms with Crippen LogP contribution in [0.4, 0.5) is 18.0 Å². The number of benzene rings is 1. The molecule has 1 aliphatic heterocycles. The zero-order valence-corrected chi connectivity index (χ0v) is 12.9. The molecule has 4 nitrogen and oxygen atoms in total. The maximum atomic E-state index is 12.6. The number of unbranched alkanes of at least 4 members (excludes halogenated alkanes) is 1. The van der Waals surface area contributed by atoms with Crippen molar-refractivity contribution in [2.45, 2.75) is 25.4 Å². The average molecular weight is 330 g/mol. The van der Waals surface area contributed by atoms with Crippen molar-refractivity contribution >= 4 is 6.09 Å². The van der Waals surface area contributed by atoms with Gasteiger partial charge >= 0.3 is 12.3 Å². The van der Waals surface area contributed by atoms with Gasteiger partial charge in [-0.05, 0) is 37.4 Å². The Kier molecular flexibility index (Phi) is 5.87. The molecule has 0 atom stereocenters. The van der Waals surface area contributed by atoms with E-state index >= 15 is 0 Å². The first-order chi connectivity index (χ1) is 10.9. The second-order valence-electron chi connectivity index (χ2n) is 5.77. The predicted molar refractivity (Wildman–Crippen MR) is 80.4 cm³/mol. The van der Waals surface area contributed by atoms with Crippen LogP contribution in [-0.2, 0) is 12.6 Å². The molecule has 1 aromatic rings. The second kappa shape index (κ2) is 7.68. The second-order valence-corrected chi connectivity index (χ2v) is 5.77. The number of halogens is 3. The lowest BCUT2D eigenvalue weighted by molar-refractivity contribution is -0.137. The van der Waals surface area contributed by atoms with Crippen LogP contribution in [-0.4, -0.2) is 53.7 Å². The van der Waals surface area contributed by atoms with Crippen LogP contribution in [0.2, 0.25) is 0 Å². The van der Waals surface area contributed by atoms with Crippen LogP contribution in [0.25, 0.3) is 0 Å². The van der Waals surface area contributed by atoms with Crippen LogP contribution >= 0.6 is 0 Å². The first-order valence-electron chi connectivity index (χ1n) is 7.72. The molecule has 1 saturated heterocycles. The number of carboxylic acid groups (broad SMARTS) is 1. The summed E-state index contributed by atoms with van der Waals surface area (Å²) < 4.78 is 37.9. The fourth-order valence-corrected chi connectivity index (χ4v) is 2.73. The molecule has 1 heterocycles. The van der Waals surface area contributed by atoms with E-state index in [0.717, 1.165) is 38.5 Å². The Labute approximate surface area is 133 Å². The van der Waals surface area contributed by atoms with Gasteiger partial charge in [0.15, 0.2) is 0 Å². The third-order valence-corrected chi connectivity index (χ3v) is 4.09. The van der Waals surface area contributed by atoms with E-state index in [1.807, 2.05) is 0 Å². The number of alkyl halides is 3. The van der Waals surface area contributed by atoms with E-state index in [1.54, 1.807) is 6.07 Å². The molecule has 2 rings (SSSR count). The smallest absolute Gasteiger partial charge is 0.416 e. The van der Waals surface area contributed by atoms with E-state index in [0.29, 0.717) is 25.1 Å². The lowest BCUT2D eigenvalue weighted by Crippen LogP contribution is -2.48. The number of piperazine rings is 1. The highest BCUT2D eigenvalue weighted by molar-refractivity contribution is 5.65. The molecule has 0 bridgehead atoms. The van der Waals surface area contributed by atoms with Crippen molar-refractivity contribution in [1.82, 2.24) is 9.80 Å². The number of hydrogen-bond donors (Lipinski definition) is 1. The molecule has 7 heteroatoms. The summed E-state index contributed by atoms with van der Waals surface area (Å²) in [6.07, 6.45) is -2.84. The van der Waals surface area contributed by atoms with Gasteiger partial charge in [0.05, 0.1) is 5.56 Å². The average Bonchev–Trinajstić information content (AvgIpc) is 2.51. The van der Waals surface area contributed by atoms with Gasteiger partial charge in [0.1, 0.15) is 0 Å². The molecule has 0 aromatic heterocycles. The molecule has 0 radical (unpaired) electrons. The van der Waals surface area contributed by atoms with Gasteiger partial charge in [-0.25, -0.2) is 4.79 Å². The van der Waals surface area contributed by atoms with Crippen molar-refractivity contribution in [3.8, 4) is 0 Å². The predicted octanol–water partition coefficient (Wildman–Crippen LogP) is 3.32. The van der Waals surface area contributed by atoms with Gasteiger partial charge in [0.25, 0.3) is 0 Å². The van der Waals surface area contributed by atoms with Gasteiger partial charge in [-0.15, -0.1) is 0 Å². The van der Waals surface area contributed by atoms with Crippen LogP contribution in [0.3, 0.4) is 0 Å². The Morgan fingerprint density at radius 1 is 1.13 bits per heavy atom. The summed E-state index contributed by atoms with van der Waals surface area (Å²) in [6, 6.07) is 5.47. The van der Waals surface area contributed by atoms with Crippen LogP contribution in [0.5, 0.6) is 0 Å². The molecule has 0 unspecified atom stereocenters. The van der Waals surface area contributed by atoms with Crippen LogP contribution in [0, 0.1) is 0 Å². The summed E-state index contributed by atoms with van der Waals surface area (Å²) in [6.45, 7) is 3.32. The third kappa shape index (κ3) is 5.42. The molecular formula is C16H21F3N2O2. The maximum absolute atomic E-state index is 12.6. The van der Waals surface area contributed by atoms with E-state index in [2.05, 4.69) is 4.90 Å². The van der Waals surface area contributed by atoms with E-state index < -0.39 is 17.8 Å². The lowest BCUT2D eigenvalue weighted by Gasteiger charge is -2.33. The maximum Gasteiger partial charge on any atom is 0.416 e. The first-order valence-corrected chi connectivity index (χ1v) is 7.72. The summed E-state index contributed by atoms with van der Waals surface area (Å²) in [5.41, 5.74) is 0.107. The Morgan fingerprint density at radius 3 is 2.43 bits per heavy atom. The van der Waals surface area contributed by atoms with Gasteiger partial charge in [-0.2, -0.15) is 13.2 Å². The first kappa shape index (κ1) is 17.6. The fraction of sp³-hybridized carbons (Fsp3) is 0.562. The van der Waals surface area contributed by atoms with E-state index in [1.165, 1.54) is 17.0 Å². The summed E-state index contributed by atoms with van der Waals surface area (Å²) in [5.74, 6) is 0. The Morgan fingerprint density at radius 2 is 1.83 bits per heavy atom. The highest BCUT2D eigenvalue weighted by Gasteiger charge is 2.30. The van der Waals surface area contributed by atoms with Crippen molar-refractivity contribution < 1.29 is 23.1 Å². The van der Waals surface area contributed by atoms with E-state index in [-0.39, 0.29) is 0 Å². The number of aryl methyl sites for hydroxylation is 1. The fourth-order valence-electron chi connectivity index (χ4n) is 2.73. The minimum Gasteiger partial charge on any atom is -0.465 e. The zero-order chi connectivity index (χ0) is 16.9. The Hall–Kier alpha value is -1.76. The molecule has 23 heavy (non-hydrogen) atoms. The number of hydrogen-bond acceptors (Lipinski definition) is 2. The van der Waals surface area contributed by atoms with Crippen molar-refractivity contribution in [3.05, 3.63) is 35.4 Å². The van der Waals surface area contributed by atoms with E-state index in [9.17, 15) is 18.0 Å². The molecule has 1 aliphatic rings. The summed E-state index contributed by atoms with van der Waals surface area (Å²) in [4.78, 5) is 14.4. The van der Waals surface area contributed by atoms with Crippen LogP contribution in [0.1, 0.15) is 24.0 Å². The third-order valence-electron chi connectivity index (χ3n) is 4.09. The van der Waals surface area contributed by atoms with Crippen molar-refractivity contribution in [2.24, 2.45) is 0 Å². The standard InChI is InChI=1S/C16H21F3N2O2/c17-16(18,19)14-6-3-5-13(12-14)4-1-2-7-20-8-10-21(11-9-20)15(22)23/h3,5-6,12H,1-2,4,7-11H2,(H,22,23). The molecule has 128 valence electrons. The molecule has 1 aromatic carbocycles. The summed E-state index contributed by atoms with van der Waals surface area (Å²) in [7, 11) is 0. The van der Waals surface area contributed by atoms with Crippen LogP contribution < -0.4 is 0 Å². The monoisotopic (exact) mass is 330 g/mol. The Balaban J connectivity index is 1.69. The summed E-state index contributed by atoms with van der Waals surface area (Å²) >= 11 is 0. The largest absolute Gasteiger partial charge is 0.465 e. The number of rotatable bonds is 5. The Bertz CT molecular complexity index is 526. The van der Waals surface area contributed by atoms with Gasteiger partial charge in [-0.1, -0.05) is 18.2 Å². The molecule has 0 spiro atoms. The van der Waals surface area contributed by atoms with Gasteiger partial charge < -0.3 is 10.0 Å². The van der Waals surface area contributed by atoms with Gasteiger partial charge in [0, 0.05) is 26.2 Å². The number of nitrogens with zero attached hydrogens (tertiary/aromatic N) is 2. The van der Waals surface area contributed by atoms with Crippen molar-refractivity contribution in [1.29, 1.82) is 0 Å². The molecular weight excluding hydrogens is 309 g/mol. The molecule has 1 fully saturated rings. The highest BCUT2D eigenvalue weighted by Crippen LogP contribution is 2.29. The van der Waals surface area contributed by atoms with E-state index in [4.69, 9.17) is 5.11 Å². The highest BCUT2D eigenvalue weighted by atomic mass is 19.4. The lowest BCUT2D eigenvalue weighted by atomic mass is 10.0. The minimum absolute atomic E-state index is 0.517. The zero-order valence-electron chi connectivity index (χ0n) is 12.9. The molecule has 1 amide bonds. The SMILES string of the molecule is O=C(O)N1CCN(CCCCc2cccc(C(F)(F)F)c2)CC1. The summed E-state index contributed by atoms with van der Waals surface area (Å²) in [5, 5.41) is 8.87. The molecule has 0 saturated carbocycles. The molecule has 0 aliphatic carbocycles. The quantitative estimate of drug-likeness (QED) is 0.842. The minimum atomic E-state index is -4.29. The number of amides is 1. The normalized spacial score (nSPS) is 16.6. The van der Waals surface area contributed by atoms with Gasteiger partial charge in [-0.3, -0.25) is 4.90 Å². The van der Waals surface area contributed by atoms with Crippen molar-refractivity contribution in [2.75, 3.05) is 32.7 Å².